The highest BCUT2D eigenvalue weighted by Gasteiger charge is 2.10. The van der Waals surface area contributed by atoms with Gasteiger partial charge in [0.05, 0.1) is 23.4 Å². The summed E-state index contributed by atoms with van der Waals surface area (Å²) in [5.74, 6) is -1.04. The third-order valence-electron chi connectivity index (χ3n) is 3.02. The second-order valence-corrected chi connectivity index (χ2v) is 4.97. The van der Waals surface area contributed by atoms with Crippen LogP contribution in [0.3, 0.4) is 0 Å². The summed E-state index contributed by atoms with van der Waals surface area (Å²) < 4.78 is 5.10. The minimum atomic E-state index is -1.10. The number of anilines is 1. The molecular weight excluding hydrogens is 318 g/mol. The maximum absolute atomic E-state index is 11.9. The lowest BCUT2D eigenvalue weighted by Gasteiger charge is -2.06. The third-order valence-corrected chi connectivity index (χ3v) is 3.33. The van der Waals surface area contributed by atoms with Gasteiger partial charge in [-0.1, -0.05) is 29.8 Å². The summed E-state index contributed by atoms with van der Waals surface area (Å²) in [6, 6.07) is 11.3. The quantitative estimate of drug-likeness (QED) is 0.819. The van der Waals surface area contributed by atoms with Crippen molar-refractivity contribution in [3.63, 3.8) is 0 Å². The van der Waals surface area contributed by atoms with E-state index < -0.39 is 11.9 Å². The molecule has 0 fully saturated rings. The van der Waals surface area contributed by atoms with Crippen LogP contribution in [-0.2, 0) is 4.79 Å². The van der Waals surface area contributed by atoms with E-state index in [9.17, 15) is 9.59 Å². The lowest BCUT2D eigenvalue weighted by molar-refractivity contribution is -0.111. The Bertz CT molecular complexity index is 771. The molecule has 1 amide bonds. The summed E-state index contributed by atoms with van der Waals surface area (Å²) in [6.07, 6.45) is 2.89. The van der Waals surface area contributed by atoms with Gasteiger partial charge in [-0.15, -0.1) is 0 Å². The van der Waals surface area contributed by atoms with Crippen LogP contribution in [0.4, 0.5) is 5.69 Å². The molecule has 0 spiro atoms. The summed E-state index contributed by atoms with van der Waals surface area (Å²) in [6.45, 7) is 0. The Morgan fingerprint density at radius 1 is 1.22 bits per heavy atom. The van der Waals surface area contributed by atoms with Crippen molar-refractivity contribution in [2.45, 2.75) is 0 Å². The van der Waals surface area contributed by atoms with Crippen LogP contribution in [-0.4, -0.2) is 24.1 Å². The third kappa shape index (κ3) is 4.34. The average molecular weight is 332 g/mol. The summed E-state index contributed by atoms with van der Waals surface area (Å²) >= 11 is 5.93. The number of benzene rings is 2. The maximum atomic E-state index is 11.9. The molecule has 0 aromatic heterocycles. The van der Waals surface area contributed by atoms with Gasteiger partial charge < -0.3 is 15.2 Å². The van der Waals surface area contributed by atoms with Gasteiger partial charge in [0.25, 0.3) is 0 Å². The Hall–Kier alpha value is -2.79. The Morgan fingerprint density at radius 2 is 1.96 bits per heavy atom. The van der Waals surface area contributed by atoms with E-state index in [0.717, 1.165) is 5.56 Å². The molecule has 0 aliphatic rings. The number of hydrogen-bond acceptors (Lipinski definition) is 3. The van der Waals surface area contributed by atoms with Crippen LogP contribution >= 0.6 is 11.6 Å². The standard InChI is InChI=1S/C17H14ClNO4/c1-23-15-10-11(6-8-13(15)18)7-9-16(20)19-14-5-3-2-4-12(14)17(21)22/h2-10H,1H3,(H,19,20)(H,21,22)/b9-7+. The number of methoxy groups -OCH3 is 1. The van der Waals surface area contributed by atoms with E-state index >= 15 is 0 Å². The number of rotatable bonds is 5. The van der Waals surface area contributed by atoms with Gasteiger partial charge in [-0.2, -0.15) is 0 Å². The highest BCUT2D eigenvalue weighted by molar-refractivity contribution is 6.32. The van der Waals surface area contributed by atoms with Crippen LogP contribution in [0.15, 0.2) is 48.5 Å². The fourth-order valence-corrected chi connectivity index (χ4v) is 2.10. The first-order valence-electron chi connectivity index (χ1n) is 6.66. The smallest absolute Gasteiger partial charge is 0.337 e. The zero-order valence-corrected chi connectivity index (χ0v) is 13.0. The highest BCUT2D eigenvalue weighted by Crippen LogP contribution is 2.25. The van der Waals surface area contributed by atoms with E-state index in [4.69, 9.17) is 21.4 Å². The van der Waals surface area contributed by atoms with Crippen LogP contribution in [0.2, 0.25) is 5.02 Å². The van der Waals surface area contributed by atoms with E-state index in [2.05, 4.69) is 5.32 Å². The SMILES string of the molecule is COc1cc(/C=C/C(=O)Nc2ccccc2C(=O)O)ccc1Cl. The van der Waals surface area contributed by atoms with Crippen molar-refractivity contribution in [1.82, 2.24) is 0 Å². The summed E-state index contributed by atoms with van der Waals surface area (Å²) in [4.78, 5) is 23.0. The summed E-state index contributed by atoms with van der Waals surface area (Å²) in [5.41, 5.74) is 0.999. The molecule has 0 heterocycles. The molecule has 0 aliphatic carbocycles. The Labute approximate surface area is 138 Å². The van der Waals surface area contributed by atoms with Gasteiger partial charge in [0, 0.05) is 6.08 Å². The van der Waals surface area contributed by atoms with E-state index in [-0.39, 0.29) is 11.3 Å². The highest BCUT2D eigenvalue weighted by atomic mass is 35.5. The number of amides is 1. The number of carbonyl (C=O) groups excluding carboxylic acids is 1. The van der Waals surface area contributed by atoms with Gasteiger partial charge in [0.2, 0.25) is 5.91 Å². The Balaban J connectivity index is 2.12. The van der Waals surface area contributed by atoms with Crippen LogP contribution < -0.4 is 10.1 Å². The van der Waals surface area contributed by atoms with Crippen LogP contribution in [0, 0.1) is 0 Å². The molecule has 2 N–H and O–H groups in total. The molecule has 2 rings (SSSR count). The van der Waals surface area contributed by atoms with E-state index in [0.29, 0.717) is 10.8 Å². The largest absolute Gasteiger partial charge is 0.495 e. The van der Waals surface area contributed by atoms with Crippen molar-refractivity contribution >= 4 is 35.2 Å². The number of halogens is 1. The number of carboxylic acids is 1. The van der Waals surface area contributed by atoms with E-state index in [1.54, 1.807) is 36.4 Å². The predicted molar refractivity (Wildman–Crippen MR) is 89.1 cm³/mol. The lowest BCUT2D eigenvalue weighted by Crippen LogP contribution is -2.11. The first kappa shape index (κ1) is 16.6. The van der Waals surface area contributed by atoms with Gasteiger partial charge in [0.15, 0.2) is 0 Å². The fourth-order valence-electron chi connectivity index (χ4n) is 1.90. The molecule has 2 aromatic rings. The van der Waals surface area contributed by atoms with Gasteiger partial charge in [-0.25, -0.2) is 4.79 Å². The van der Waals surface area contributed by atoms with Crippen molar-refractivity contribution in [1.29, 1.82) is 0 Å². The van der Waals surface area contributed by atoms with Crippen LogP contribution in [0.25, 0.3) is 6.08 Å². The molecule has 0 bridgehead atoms. The number of aromatic carboxylic acids is 1. The van der Waals surface area contributed by atoms with Crippen LogP contribution in [0.1, 0.15) is 15.9 Å². The number of carbonyl (C=O) groups is 2. The topological polar surface area (TPSA) is 75.6 Å². The zero-order chi connectivity index (χ0) is 16.8. The molecule has 0 saturated heterocycles. The molecule has 0 aliphatic heterocycles. The fraction of sp³-hybridized carbons (Fsp3) is 0.0588. The average Bonchev–Trinajstić information content (AvgIpc) is 2.54. The summed E-state index contributed by atoms with van der Waals surface area (Å²) in [7, 11) is 1.50. The molecule has 0 saturated carbocycles. The minimum absolute atomic E-state index is 0.0300. The molecule has 0 radical (unpaired) electrons. The second kappa shape index (κ2) is 7.47. The van der Waals surface area contributed by atoms with Gasteiger partial charge in [-0.3, -0.25) is 4.79 Å². The van der Waals surface area contributed by atoms with Gasteiger partial charge >= 0.3 is 5.97 Å². The molecular formula is C17H14ClNO4. The summed E-state index contributed by atoms with van der Waals surface area (Å²) in [5, 5.41) is 12.1. The second-order valence-electron chi connectivity index (χ2n) is 4.57. The number of carboxylic acid groups (broad SMARTS) is 1. The first-order chi connectivity index (χ1) is 11.0. The lowest BCUT2D eigenvalue weighted by atomic mass is 10.1. The Morgan fingerprint density at radius 3 is 2.65 bits per heavy atom. The molecule has 0 unspecified atom stereocenters. The van der Waals surface area contributed by atoms with E-state index in [1.165, 1.54) is 25.3 Å². The molecule has 6 heteroatoms. The number of nitrogens with one attached hydrogen (secondary N) is 1. The van der Waals surface area contributed by atoms with Gasteiger partial charge in [0.1, 0.15) is 5.75 Å². The van der Waals surface area contributed by atoms with Crippen molar-refractivity contribution in [2.75, 3.05) is 12.4 Å². The molecule has 5 nitrogen and oxygen atoms in total. The normalized spacial score (nSPS) is 10.5. The number of para-hydroxylation sites is 1. The monoisotopic (exact) mass is 331 g/mol. The van der Waals surface area contributed by atoms with Crippen LogP contribution in [0.5, 0.6) is 5.75 Å². The first-order valence-corrected chi connectivity index (χ1v) is 7.04. The molecule has 118 valence electrons. The molecule has 0 atom stereocenters. The Kier molecular flexibility index (Phi) is 5.38. The zero-order valence-electron chi connectivity index (χ0n) is 12.2. The number of ether oxygens (including phenoxy) is 1. The van der Waals surface area contributed by atoms with Crippen molar-refractivity contribution in [3.8, 4) is 5.75 Å². The van der Waals surface area contributed by atoms with Crippen molar-refractivity contribution in [3.05, 3.63) is 64.7 Å². The van der Waals surface area contributed by atoms with Gasteiger partial charge in [-0.05, 0) is 35.9 Å². The molecule has 23 heavy (non-hydrogen) atoms. The maximum Gasteiger partial charge on any atom is 0.337 e. The molecule has 2 aromatic carbocycles. The number of hydrogen-bond donors (Lipinski definition) is 2. The van der Waals surface area contributed by atoms with Crippen molar-refractivity contribution in [2.24, 2.45) is 0 Å². The van der Waals surface area contributed by atoms with E-state index in [1.807, 2.05) is 0 Å². The van der Waals surface area contributed by atoms with Crippen molar-refractivity contribution < 1.29 is 19.4 Å². The predicted octanol–water partition coefficient (Wildman–Crippen LogP) is 3.70. The minimum Gasteiger partial charge on any atom is -0.495 e.